The van der Waals surface area contributed by atoms with E-state index in [-0.39, 0.29) is 11.3 Å². The van der Waals surface area contributed by atoms with E-state index in [0.717, 1.165) is 0 Å². The summed E-state index contributed by atoms with van der Waals surface area (Å²) < 4.78 is 1.58. The number of hydrogen-bond acceptors (Lipinski definition) is 3. The third-order valence-corrected chi connectivity index (χ3v) is 3.76. The molecule has 5 heteroatoms. The molecule has 0 atom stereocenters. The molecule has 0 saturated heterocycles. The number of fused-ring (bicyclic) bond motifs is 1. The molecule has 1 aromatic heterocycles. The van der Waals surface area contributed by atoms with E-state index < -0.39 is 0 Å². The average molecular weight is 313 g/mol. The number of carbonyl (C=O) groups is 1. The molecule has 3 rings (SSSR count). The summed E-state index contributed by atoms with van der Waals surface area (Å²) in [6.07, 6.45) is 0. The van der Waals surface area contributed by atoms with Crippen LogP contribution in [0.5, 0.6) is 0 Å². The molecule has 0 aliphatic rings. The summed E-state index contributed by atoms with van der Waals surface area (Å²) in [6, 6.07) is 12.2. The van der Waals surface area contributed by atoms with Crippen LogP contribution in [0.2, 0.25) is 5.02 Å². The maximum absolute atomic E-state index is 12.5. The zero-order valence-corrected chi connectivity index (χ0v) is 12.9. The van der Waals surface area contributed by atoms with E-state index in [1.807, 2.05) is 0 Å². The van der Waals surface area contributed by atoms with Crippen molar-refractivity contribution in [3.05, 3.63) is 69.1 Å². The topological polar surface area (TPSA) is 52.0 Å². The number of aromatic nitrogens is 2. The van der Waals surface area contributed by atoms with Gasteiger partial charge < -0.3 is 0 Å². The molecule has 0 bridgehead atoms. The van der Waals surface area contributed by atoms with E-state index >= 15 is 0 Å². The molecule has 0 amide bonds. The summed E-state index contributed by atoms with van der Waals surface area (Å²) in [7, 11) is 0. The Kier molecular flexibility index (Phi) is 3.54. The van der Waals surface area contributed by atoms with Gasteiger partial charge in [-0.2, -0.15) is 0 Å². The molecule has 0 N–H and O–H groups in total. The molecular weight excluding hydrogens is 300 g/mol. The van der Waals surface area contributed by atoms with Crippen molar-refractivity contribution in [2.45, 2.75) is 13.8 Å². The number of rotatable bonds is 2. The van der Waals surface area contributed by atoms with Gasteiger partial charge in [-0.3, -0.25) is 14.2 Å². The average Bonchev–Trinajstić information content (AvgIpc) is 2.49. The molecule has 3 aromatic rings. The van der Waals surface area contributed by atoms with Gasteiger partial charge in [-0.15, -0.1) is 0 Å². The van der Waals surface area contributed by atoms with Gasteiger partial charge in [-0.25, -0.2) is 4.98 Å². The first-order valence-corrected chi connectivity index (χ1v) is 7.15. The molecule has 0 aliphatic carbocycles. The van der Waals surface area contributed by atoms with E-state index in [2.05, 4.69) is 4.98 Å². The molecule has 2 aromatic carbocycles. The summed E-state index contributed by atoms with van der Waals surface area (Å²) >= 11 is 5.91. The van der Waals surface area contributed by atoms with E-state index in [4.69, 9.17) is 11.6 Å². The minimum absolute atomic E-state index is 0.0365. The Hall–Kier alpha value is -2.46. The minimum atomic E-state index is -0.189. The first-order valence-electron chi connectivity index (χ1n) is 6.77. The third-order valence-electron chi connectivity index (χ3n) is 3.51. The van der Waals surface area contributed by atoms with Crippen LogP contribution >= 0.6 is 11.6 Å². The fraction of sp³-hybridized carbons (Fsp3) is 0.118. The number of halogens is 1. The van der Waals surface area contributed by atoms with Crippen LogP contribution < -0.4 is 5.56 Å². The molecule has 22 heavy (non-hydrogen) atoms. The summed E-state index contributed by atoms with van der Waals surface area (Å²) in [5.41, 5.74) is 2.73. The second-order valence-electron chi connectivity index (χ2n) is 5.07. The molecule has 110 valence electrons. The van der Waals surface area contributed by atoms with Crippen LogP contribution in [0.3, 0.4) is 0 Å². The molecule has 0 spiro atoms. The van der Waals surface area contributed by atoms with Crippen LogP contribution in [0.1, 0.15) is 23.0 Å². The van der Waals surface area contributed by atoms with Crippen LogP contribution in [0, 0.1) is 6.92 Å². The Morgan fingerprint density at radius 1 is 1.14 bits per heavy atom. The molecule has 4 nitrogen and oxygen atoms in total. The van der Waals surface area contributed by atoms with Gasteiger partial charge in [-0.05, 0) is 56.3 Å². The van der Waals surface area contributed by atoms with Gasteiger partial charge in [0.25, 0.3) is 5.56 Å². The Morgan fingerprint density at radius 3 is 2.45 bits per heavy atom. The highest BCUT2D eigenvalue weighted by molar-refractivity contribution is 6.30. The second-order valence-corrected chi connectivity index (χ2v) is 5.51. The first-order chi connectivity index (χ1) is 10.5. The van der Waals surface area contributed by atoms with Crippen LogP contribution in [-0.2, 0) is 0 Å². The van der Waals surface area contributed by atoms with Gasteiger partial charge in [0.15, 0.2) is 5.78 Å². The van der Waals surface area contributed by atoms with Crippen molar-refractivity contribution in [1.82, 2.24) is 9.55 Å². The van der Waals surface area contributed by atoms with Gasteiger partial charge in [0.05, 0.1) is 11.0 Å². The van der Waals surface area contributed by atoms with Crippen molar-refractivity contribution in [3.63, 3.8) is 0 Å². The molecule has 1 heterocycles. The van der Waals surface area contributed by atoms with Crippen LogP contribution in [0.25, 0.3) is 16.7 Å². The lowest BCUT2D eigenvalue weighted by Crippen LogP contribution is -2.22. The van der Waals surface area contributed by atoms with Gasteiger partial charge in [0, 0.05) is 16.3 Å². The number of aryl methyl sites for hydroxylation is 1. The molecule has 0 aliphatic heterocycles. The van der Waals surface area contributed by atoms with Crippen LogP contribution in [-0.4, -0.2) is 15.3 Å². The SMILES string of the molecule is CC(=O)c1ccc2c(c1)nc(C)c(=O)n2-c1ccc(Cl)cc1. The Morgan fingerprint density at radius 2 is 1.82 bits per heavy atom. The lowest BCUT2D eigenvalue weighted by atomic mass is 10.1. The highest BCUT2D eigenvalue weighted by Crippen LogP contribution is 2.19. The monoisotopic (exact) mass is 312 g/mol. The zero-order valence-electron chi connectivity index (χ0n) is 12.1. The number of carbonyl (C=O) groups excluding carboxylic acids is 1. The maximum Gasteiger partial charge on any atom is 0.277 e. The van der Waals surface area contributed by atoms with E-state index in [9.17, 15) is 9.59 Å². The van der Waals surface area contributed by atoms with Gasteiger partial charge in [-0.1, -0.05) is 11.6 Å². The quantitative estimate of drug-likeness (QED) is 0.680. The number of Topliss-reactive ketones (excluding diaryl/α,β-unsaturated/α-hetero) is 1. The van der Waals surface area contributed by atoms with E-state index in [1.54, 1.807) is 54.0 Å². The molecular formula is C17H13ClN2O2. The smallest absolute Gasteiger partial charge is 0.277 e. The first kappa shape index (κ1) is 14.5. The Labute approximate surface area is 132 Å². The maximum atomic E-state index is 12.5. The Balaban J connectivity index is 2.37. The summed E-state index contributed by atoms with van der Waals surface area (Å²) in [6.45, 7) is 3.16. The van der Waals surface area contributed by atoms with Gasteiger partial charge in [0.1, 0.15) is 5.69 Å². The third kappa shape index (κ3) is 2.42. The molecule has 0 fully saturated rings. The predicted molar refractivity (Wildman–Crippen MR) is 87.1 cm³/mol. The second kappa shape index (κ2) is 5.39. The van der Waals surface area contributed by atoms with E-state index in [1.165, 1.54) is 6.92 Å². The summed E-state index contributed by atoms with van der Waals surface area (Å²) in [5.74, 6) is -0.0365. The highest BCUT2D eigenvalue weighted by atomic mass is 35.5. The van der Waals surface area contributed by atoms with Crippen LogP contribution in [0.15, 0.2) is 47.3 Å². The standard InChI is InChI=1S/C17H13ClN2O2/c1-10-17(22)20(14-6-4-13(18)5-7-14)16-8-3-12(11(2)21)9-15(16)19-10/h3-9H,1-2H3. The van der Waals surface area contributed by atoms with Gasteiger partial charge >= 0.3 is 0 Å². The van der Waals surface area contributed by atoms with E-state index in [0.29, 0.717) is 33.0 Å². The highest BCUT2D eigenvalue weighted by Gasteiger charge is 2.11. The van der Waals surface area contributed by atoms with Crippen molar-refractivity contribution in [3.8, 4) is 5.69 Å². The summed E-state index contributed by atoms with van der Waals surface area (Å²) in [4.78, 5) is 28.3. The lowest BCUT2D eigenvalue weighted by Gasteiger charge is -2.12. The van der Waals surface area contributed by atoms with Crippen molar-refractivity contribution in [1.29, 1.82) is 0 Å². The van der Waals surface area contributed by atoms with Crippen molar-refractivity contribution < 1.29 is 4.79 Å². The van der Waals surface area contributed by atoms with Crippen molar-refractivity contribution in [2.24, 2.45) is 0 Å². The molecule has 0 radical (unpaired) electrons. The molecule has 0 unspecified atom stereocenters. The minimum Gasteiger partial charge on any atom is -0.295 e. The number of ketones is 1. The fourth-order valence-electron chi connectivity index (χ4n) is 2.37. The largest absolute Gasteiger partial charge is 0.295 e. The summed E-state index contributed by atoms with van der Waals surface area (Å²) in [5, 5.41) is 0.603. The number of nitrogens with zero attached hydrogens (tertiary/aromatic N) is 2. The van der Waals surface area contributed by atoms with Gasteiger partial charge in [0.2, 0.25) is 0 Å². The van der Waals surface area contributed by atoms with Crippen molar-refractivity contribution in [2.75, 3.05) is 0 Å². The van der Waals surface area contributed by atoms with Crippen LogP contribution in [0.4, 0.5) is 0 Å². The Bertz CT molecular complexity index is 943. The fourth-order valence-corrected chi connectivity index (χ4v) is 2.49. The lowest BCUT2D eigenvalue weighted by molar-refractivity contribution is 0.101. The molecule has 0 saturated carbocycles. The number of benzene rings is 2. The predicted octanol–water partition coefficient (Wildman–Crippen LogP) is 3.55. The van der Waals surface area contributed by atoms with Crippen molar-refractivity contribution >= 4 is 28.4 Å². The number of hydrogen-bond donors (Lipinski definition) is 0. The zero-order chi connectivity index (χ0) is 15.9. The normalized spacial score (nSPS) is 10.9.